The van der Waals surface area contributed by atoms with Gasteiger partial charge in [-0.05, 0) is 0 Å². The maximum atomic E-state index is 11.2. The highest BCUT2D eigenvalue weighted by Crippen LogP contribution is 2.16. The van der Waals surface area contributed by atoms with Gasteiger partial charge in [0.2, 0.25) is 5.91 Å². The second kappa shape index (κ2) is 6.00. The van der Waals surface area contributed by atoms with Crippen molar-refractivity contribution in [2.75, 3.05) is 6.61 Å². The molecule has 0 saturated carbocycles. The Morgan fingerprint density at radius 2 is 2.06 bits per heavy atom. The largest absolute Gasteiger partial charge is 0.478 e. The number of hydrogen-bond donors (Lipinski definition) is 2. The summed E-state index contributed by atoms with van der Waals surface area (Å²) >= 11 is 0. The minimum Gasteiger partial charge on any atom is -0.478 e. The van der Waals surface area contributed by atoms with Crippen molar-refractivity contribution in [3.8, 4) is 0 Å². The van der Waals surface area contributed by atoms with Crippen LogP contribution in [0.25, 0.3) is 0 Å². The van der Waals surface area contributed by atoms with Gasteiger partial charge in [-0.25, -0.2) is 9.59 Å². The molecule has 1 aliphatic heterocycles. The summed E-state index contributed by atoms with van der Waals surface area (Å²) < 4.78 is 10.0. The first-order chi connectivity index (χ1) is 7.99. The second-order valence-electron chi connectivity index (χ2n) is 3.52. The molecule has 1 heterocycles. The lowest BCUT2D eigenvalue weighted by Gasteiger charge is -2.26. The summed E-state index contributed by atoms with van der Waals surface area (Å²) in [5.74, 6) is -2.60. The van der Waals surface area contributed by atoms with Crippen LogP contribution in [0.4, 0.5) is 0 Å². The number of nitrogens with two attached hydrogens (primary N) is 1. The number of rotatable bonds is 4. The van der Waals surface area contributed by atoms with Crippen LogP contribution in [0.15, 0.2) is 12.2 Å². The van der Waals surface area contributed by atoms with Gasteiger partial charge in [-0.15, -0.1) is 0 Å². The maximum absolute atomic E-state index is 11.2. The van der Waals surface area contributed by atoms with Gasteiger partial charge in [0.1, 0.15) is 12.2 Å². The molecular formula is C10H13NO6. The van der Waals surface area contributed by atoms with Gasteiger partial charge in [-0.1, -0.05) is 0 Å². The predicted octanol–water partition coefficient (Wildman–Crippen LogP) is -0.797. The van der Waals surface area contributed by atoms with E-state index in [0.717, 1.165) is 6.08 Å². The van der Waals surface area contributed by atoms with Crippen molar-refractivity contribution in [2.45, 2.75) is 25.0 Å². The zero-order valence-corrected chi connectivity index (χ0v) is 9.00. The Labute approximate surface area is 97.2 Å². The minimum absolute atomic E-state index is 0.196. The van der Waals surface area contributed by atoms with Gasteiger partial charge < -0.3 is 20.3 Å². The molecule has 2 atom stereocenters. The number of primary amides is 1. The molecule has 2 unspecified atom stereocenters. The Balaban J connectivity index is 2.43. The molecule has 0 aromatic rings. The highest BCUT2D eigenvalue weighted by molar-refractivity contribution is 5.90. The van der Waals surface area contributed by atoms with E-state index in [1.54, 1.807) is 0 Å². The van der Waals surface area contributed by atoms with Crippen LogP contribution >= 0.6 is 0 Å². The second-order valence-corrected chi connectivity index (χ2v) is 3.52. The summed E-state index contributed by atoms with van der Waals surface area (Å²) in [5, 5.41) is 8.31. The van der Waals surface area contributed by atoms with Gasteiger partial charge in [-0.3, -0.25) is 4.79 Å². The summed E-state index contributed by atoms with van der Waals surface area (Å²) in [5.41, 5.74) is 5.06. The highest BCUT2D eigenvalue weighted by Gasteiger charge is 2.28. The summed E-state index contributed by atoms with van der Waals surface area (Å²) in [6.07, 6.45) is 0.917. The molecule has 1 rings (SSSR count). The summed E-state index contributed by atoms with van der Waals surface area (Å²) in [4.78, 5) is 32.2. The Morgan fingerprint density at radius 3 is 2.65 bits per heavy atom. The van der Waals surface area contributed by atoms with Crippen LogP contribution in [-0.4, -0.2) is 41.8 Å². The van der Waals surface area contributed by atoms with E-state index in [1.807, 2.05) is 0 Å². The van der Waals surface area contributed by atoms with Crippen molar-refractivity contribution >= 4 is 17.8 Å². The average molecular weight is 243 g/mol. The molecule has 0 radical (unpaired) electrons. The number of esters is 1. The van der Waals surface area contributed by atoms with E-state index >= 15 is 0 Å². The van der Waals surface area contributed by atoms with E-state index in [4.69, 9.17) is 20.3 Å². The van der Waals surface area contributed by atoms with Crippen LogP contribution in [0.3, 0.4) is 0 Å². The lowest BCUT2D eigenvalue weighted by atomic mass is 10.1. The third-order valence-corrected chi connectivity index (χ3v) is 2.20. The zero-order valence-electron chi connectivity index (χ0n) is 9.00. The number of carboxylic acids is 1. The van der Waals surface area contributed by atoms with Crippen molar-refractivity contribution < 1.29 is 29.0 Å². The number of carbonyl (C=O) groups is 3. The van der Waals surface area contributed by atoms with Crippen LogP contribution in [-0.2, 0) is 23.9 Å². The first kappa shape index (κ1) is 13.2. The van der Waals surface area contributed by atoms with Gasteiger partial charge in [-0.2, -0.15) is 0 Å². The molecule has 0 aromatic heterocycles. The molecule has 0 aliphatic carbocycles. The number of carboxylic acid groups (broad SMARTS) is 1. The molecule has 7 nitrogen and oxygen atoms in total. The molecule has 7 heteroatoms. The third-order valence-electron chi connectivity index (χ3n) is 2.20. The summed E-state index contributed by atoms with van der Waals surface area (Å²) in [6.45, 7) is 0.272. The van der Waals surface area contributed by atoms with Gasteiger partial charge in [0, 0.05) is 25.0 Å². The van der Waals surface area contributed by atoms with Crippen LogP contribution in [0.1, 0.15) is 12.8 Å². The third kappa shape index (κ3) is 4.64. The van der Waals surface area contributed by atoms with Crippen LogP contribution in [0, 0.1) is 0 Å². The van der Waals surface area contributed by atoms with Gasteiger partial charge in [0.25, 0.3) is 0 Å². The number of carbonyl (C=O) groups excluding carboxylic acids is 2. The standard InChI is InChI=1S/C10H13NO6/c11-10(15)7-5-6(3-4-16-7)17-9(14)2-1-8(12)13/h1-2,6-7H,3-5H2,(H2,11,15)(H,12,13)/b2-1+. The fraction of sp³-hybridized carbons (Fsp3) is 0.500. The predicted molar refractivity (Wildman–Crippen MR) is 54.8 cm³/mol. The quantitative estimate of drug-likeness (QED) is 0.493. The molecular weight excluding hydrogens is 230 g/mol. The molecule has 94 valence electrons. The SMILES string of the molecule is NC(=O)C1CC(OC(=O)/C=C/C(=O)O)CCO1. The fourth-order valence-corrected chi connectivity index (χ4v) is 1.41. The highest BCUT2D eigenvalue weighted by atomic mass is 16.6. The molecule has 3 N–H and O–H groups in total. The molecule has 0 bridgehead atoms. The van der Waals surface area contributed by atoms with Crippen LogP contribution < -0.4 is 5.73 Å². The Morgan fingerprint density at radius 1 is 1.35 bits per heavy atom. The van der Waals surface area contributed by atoms with Crippen LogP contribution in [0.5, 0.6) is 0 Å². The van der Waals surface area contributed by atoms with Crippen molar-refractivity contribution in [2.24, 2.45) is 5.73 Å². The molecule has 1 amide bonds. The van der Waals surface area contributed by atoms with E-state index in [-0.39, 0.29) is 13.0 Å². The Hall–Kier alpha value is -1.89. The zero-order chi connectivity index (χ0) is 12.8. The average Bonchev–Trinajstić information content (AvgIpc) is 2.26. The molecule has 0 spiro atoms. The number of ether oxygens (including phenoxy) is 2. The van der Waals surface area contributed by atoms with Crippen molar-refractivity contribution in [1.29, 1.82) is 0 Å². The molecule has 1 aliphatic rings. The fourth-order valence-electron chi connectivity index (χ4n) is 1.41. The normalized spacial score (nSPS) is 24.5. The first-order valence-corrected chi connectivity index (χ1v) is 5.01. The van der Waals surface area contributed by atoms with Crippen LogP contribution in [0.2, 0.25) is 0 Å². The lowest BCUT2D eigenvalue weighted by Crippen LogP contribution is -2.40. The maximum Gasteiger partial charge on any atom is 0.331 e. The van der Waals surface area contributed by atoms with E-state index in [0.29, 0.717) is 12.5 Å². The summed E-state index contributed by atoms with van der Waals surface area (Å²) in [6, 6.07) is 0. The minimum atomic E-state index is -1.23. The molecule has 1 fully saturated rings. The van der Waals surface area contributed by atoms with Crippen molar-refractivity contribution in [3.05, 3.63) is 12.2 Å². The van der Waals surface area contributed by atoms with Gasteiger partial charge in [0.15, 0.2) is 0 Å². The Bertz CT molecular complexity index is 351. The van der Waals surface area contributed by atoms with Gasteiger partial charge in [0.05, 0.1) is 6.61 Å². The lowest BCUT2D eigenvalue weighted by molar-refractivity contribution is -0.155. The number of aliphatic carboxylic acids is 1. The van der Waals surface area contributed by atoms with Crippen molar-refractivity contribution in [1.82, 2.24) is 0 Å². The van der Waals surface area contributed by atoms with Gasteiger partial charge >= 0.3 is 11.9 Å². The topological polar surface area (TPSA) is 116 Å². The molecule has 17 heavy (non-hydrogen) atoms. The number of hydrogen-bond acceptors (Lipinski definition) is 5. The smallest absolute Gasteiger partial charge is 0.331 e. The molecule has 1 saturated heterocycles. The first-order valence-electron chi connectivity index (χ1n) is 5.01. The van der Waals surface area contributed by atoms with E-state index in [1.165, 1.54) is 0 Å². The number of amides is 1. The van der Waals surface area contributed by atoms with E-state index < -0.39 is 30.1 Å². The van der Waals surface area contributed by atoms with E-state index in [2.05, 4.69) is 0 Å². The van der Waals surface area contributed by atoms with E-state index in [9.17, 15) is 14.4 Å². The Kier molecular flexibility index (Phi) is 4.65. The summed E-state index contributed by atoms with van der Waals surface area (Å²) in [7, 11) is 0. The molecule has 0 aromatic carbocycles. The monoisotopic (exact) mass is 243 g/mol. The van der Waals surface area contributed by atoms with Crippen molar-refractivity contribution in [3.63, 3.8) is 0 Å².